The molecule has 1 N–H and O–H groups in total. The zero-order chi connectivity index (χ0) is 11.3. The molecule has 1 fully saturated rings. The Balaban J connectivity index is 2.25. The van der Waals surface area contributed by atoms with Gasteiger partial charge in [-0.1, -0.05) is 13.8 Å². The van der Waals surface area contributed by atoms with Gasteiger partial charge in [0, 0.05) is 38.3 Å². The summed E-state index contributed by atoms with van der Waals surface area (Å²) < 4.78 is 0. The Morgan fingerprint density at radius 2 is 1.67 bits per heavy atom. The third-order valence-corrected chi connectivity index (χ3v) is 3.26. The predicted octanol–water partition coefficient (Wildman–Crippen LogP) is 1.01. The highest BCUT2D eigenvalue weighted by Crippen LogP contribution is 2.03. The van der Waals surface area contributed by atoms with E-state index < -0.39 is 0 Å². The highest BCUT2D eigenvalue weighted by atomic mass is 15.2. The largest absolute Gasteiger partial charge is 0.309 e. The summed E-state index contributed by atoms with van der Waals surface area (Å²) in [5.74, 6) is 0. The van der Waals surface area contributed by atoms with E-state index in [2.05, 4.69) is 42.8 Å². The van der Waals surface area contributed by atoms with Crippen molar-refractivity contribution in [2.24, 2.45) is 0 Å². The number of hydrogen-bond acceptors (Lipinski definition) is 3. The molecule has 3 nitrogen and oxygen atoms in total. The number of nitrogens with zero attached hydrogens (tertiary/aromatic N) is 2. The van der Waals surface area contributed by atoms with Gasteiger partial charge in [0.2, 0.25) is 0 Å². The fraction of sp³-hybridized carbons (Fsp3) is 1.00. The molecule has 90 valence electrons. The fourth-order valence-electron chi connectivity index (χ4n) is 2.45. The zero-order valence-electron chi connectivity index (χ0n) is 10.8. The van der Waals surface area contributed by atoms with E-state index in [1.807, 2.05) is 0 Å². The quantitative estimate of drug-likeness (QED) is 0.735. The molecule has 1 aliphatic rings. The van der Waals surface area contributed by atoms with Gasteiger partial charge in [-0.3, -0.25) is 4.90 Å². The zero-order valence-corrected chi connectivity index (χ0v) is 10.8. The smallest absolute Gasteiger partial charge is 0.0169 e. The lowest BCUT2D eigenvalue weighted by molar-refractivity contribution is 0.151. The first kappa shape index (κ1) is 12.9. The minimum absolute atomic E-state index is 0.644. The Kier molecular flexibility index (Phi) is 5.58. The minimum atomic E-state index is 0.644. The van der Waals surface area contributed by atoms with Crippen LogP contribution in [-0.4, -0.2) is 61.2 Å². The maximum absolute atomic E-state index is 3.57. The number of rotatable bonds is 5. The second-order valence-corrected chi connectivity index (χ2v) is 4.76. The first-order valence-corrected chi connectivity index (χ1v) is 6.36. The van der Waals surface area contributed by atoms with Gasteiger partial charge in [-0.05, 0) is 26.9 Å². The van der Waals surface area contributed by atoms with E-state index in [0.717, 1.165) is 0 Å². The molecule has 0 saturated carbocycles. The monoisotopic (exact) mass is 213 g/mol. The van der Waals surface area contributed by atoms with E-state index in [1.54, 1.807) is 0 Å². The molecule has 1 rings (SSSR count). The molecule has 1 aliphatic heterocycles. The van der Waals surface area contributed by atoms with Crippen molar-refractivity contribution >= 4 is 0 Å². The lowest BCUT2D eigenvalue weighted by Gasteiger charge is -2.37. The van der Waals surface area contributed by atoms with Crippen LogP contribution in [0.3, 0.4) is 0 Å². The molecule has 0 spiro atoms. The van der Waals surface area contributed by atoms with Crippen molar-refractivity contribution in [2.75, 3.05) is 39.3 Å². The fourth-order valence-corrected chi connectivity index (χ4v) is 2.45. The number of piperazine rings is 1. The van der Waals surface area contributed by atoms with Crippen LogP contribution in [0.1, 0.15) is 27.7 Å². The second-order valence-electron chi connectivity index (χ2n) is 4.76. The van der Waals surface area contributed by atoms with Crippen LogP contribution in [0, 0.1) is 0 Å². The summed E-state index contributed by atoms with van der Waals surface area (Å²) >= 11 is 0. The SMILES string of the molecule is CCN(CC)CCN1CC(C)NC(C)C1. The van der Waals surface area contributed by atoms with Gasteiger partial charge in [-0.2, -0.15) is 0 Å². The molecule has 0 amide bonds. The van der Waals surface area contributed by atoms with E-state index in [4.69, 9.17) is 0 Å². The van der Waals surface area contributed by atoms with Crippen LogP contribution in [0.4, 0.5) is 0 Å². The molecule has 1 heterocycles. The van der Waals surface area contributed by atoms with Gasteiger partial charge in [0.25, 0.3) is 0 Å². The van der Waals surface area contributed by atoms with Crippen LogP contribution < -0.4 is 5.32 Å². The van der Waals surface area contributed by atoms with Crippen molar-refractivity contribution < 1.29 is 0 Å². The highest BCUT2D eigenvalue weighted by molar-refractivity contribution is 4.81. The van der Waals surface area contributed by atoms with Crippen molar-refractivity contribution in [1.82, 2.24) is 15.1 Å². The summed E-state index contributed by atoms with van der Waals surface area (Å²) in [7, 11) is 0. The molecule has 3 heteroatoms. The van der Waals surface area contributed by atoms with E-state index in [1.165, 1.54) is 39.3 Å². The Labute approximate surface area is 94.8 Å². The number of hydrogen-bond donors (Lipinski definition) is 1. The Hall–Kier alpha value is -0.120. The average molecular weight is 213 g/mol. The number of nitrogens with one attached hydrogen (secondary N) is 1. The van der Waals surface area contributed by atoms with E-state index in [-0.39, 0.29) is 0 Å². The van der Waals surface area contributed by atoms with Crippen LogP contribution >= 0.6 is 0 Å². The lowest BCUT2D eigenvalue weighted by atomic mass is 10.1. The number of likely N-dealkylation sites (N-methyl/N-ethyl adjacent to an activating group) is 1. The van der Waals surface area contributed by atoms with Crippen LogP contribution in [0.2, 0.25) is 0 Å². The standard InChI is InChI=1S/C12H27N3/c1-5-14(6-2)7-8-15-9-11(3)13-12(4)10-15/h11-13H,5-10H2,1-4H3. The van der Waals surface area contributed by atoms with Gasteiger partial charge in [0.1, 0.15) is 0 Å². The minimum Gasteiger partial charge on any atom is -0.309 e. The van der Waals surface area contributed by atoms with Gasteiger partial charge < -0.3 is 10.2 Å². The summed E-state index contributed by atoms with van der Waals surface area (Å²) in [5.41, 5.74) is 0. The Bertz CT molecular complexity index is 158. The van der Waals surface area contributed by atoms with Crippen molar-refractivity contribution in [2.45, 2.75) is 39.8 Å². The molecule has 0 radical (unpaired) electrons. The summed E-state index contributed by atoms with van der Waals surface area (Å²) in [6.07, 6.45) is 0. The third kappa shape index (κ3) is 4.49. The summed E-state index contributed by atoms with van der Waals surface area (Å²) in [6, 6.07) is 1.29. The first-order chi connectivity index (χ1) is 7.15. The summed E-state index contributed by atoms with van der Waals surface area (Å²) in [5, 5.41) is 3.57. The second kappa shape index (κ2) is 6.46. The molecule has 15 heavy (non-hydrogen) atoms. The first-order valence-electron chi connectivity index (χ1n) is 6.36. The third-order valence-electron chi connectivity index (χ3n) is 3.26. The highest BCUT2D eigenvalue weighted by Gasteiger charge is 2.20. The van der Waals surface area contributed by atoms with Crippen LogP contribution in [0.25, 0.3) is 0 Å². The van der Waals surface area contributed by atoms with Crippen LogP contribution in [0.5, 0.6) is 0 Å². The van der Waals surface area contributed by atoms with Gasteiger partial charge in [-0.25, -0.2) is 0 Å². The summed E-state index contributed by atoms with van der Waals surface area (Å²) in [6.45, 7) is 16.2. The maximum atomic E-state index is 3.57. The van der Waals surface area contributed by atoms with Crippen molar-refractivity contribution in [3.8, 4) is 0 Å². The van der Waals surface area contributed by atoms with Gasteiger partial charge in [0.05, 0.1) is 0 Å². The molecular weight excluding hydrogens is 186 g/mol. The molecule has 0 bridgehead atoms. The average Bonchev–Trinajstić information content (AvgIpc) is 2.18. The topological polar surface area (TPSA) is 18.5 Å². The Morgan fingerprint density at radius 1 is 1.13 bits per heavy atom. The van der Waals surface area contributed by atoms with E-state index in [0.29, 0.717) is 12.1 Å². The molecule has 0 aromatic rings. The Morgan fingerprint density at radius 3 is 2.13 bits per heavy atom. The van der Waals surface area contributed by atoms with Crippen LogP contribution in [-0.2, 0) is 0 Å². The molecule has 1 saturated heterocycles. The van der Waals surface area contributed by atoms with Gasteiger partial charge in [-0.15, -0.1) is 0 Å². The predicted molar refractivity (Wildman–Crippen MR) is 66.3 cm³/mol. The van der Waals surface area contributed by atoms with Gasteiger partial charge >= 0.3 is 0 Å². The molecular formula is C12H27N3. The molecule has 2 unspecified atom stereocenters. The normalized spacial score (nSPS) is 28.6. The van der Waals surface area contributed by atoms with Crippen molar-refractivity contribution in [3.05, 3.63) is 0 Å². The summed E-state index contributed by atoms with van der Waals surface area (Å²) in [4.78, 5) is 5.08. The van der Waals surface area contributed by atoms with Gasteiger partial charge in [0.15, 0.2) is 0 Å². The van der Waals surface area contributed by atoms with Crippen LogP contribution in [0.15, 0.2) is 0 Å². The molecule has 2 atom stereocenters. The molecule has 0 aromatic heterocycles. The molecule has 0 aliphatic carbocycles. The van der Waals surface area contributed by atoms with E-state index in [9.17, 15) is 0 Å². The van der Waals surface area contributed by atoms with E-state index >= 15 is 0 Å². The van der Waals surface area contributed by atoms with Crippen molar-refractivity contribution in [3.63, 3.8) is 0 Å². The van der Waals surface area contributed by atoms with Crippen molar-refractivity contribution in [1.29, 1.82) is 0 Å². The maximum Gasteiger partial charge on any atom is 0.0169 e. The lowest BCUT2D eigenvalue weighted by Crippen LogP contribution is -2.55. The molecule has 0 aromatic carbocycles.